The number of hydrogen-bond acceptors (Lipinski definition) is 3. The predicted molar refractivity (Wildman–Crippen MR) is 86.4 cm³/mol. The van der Waals surface area contributed by atoms with Crippen LogP contribution in [0.1, 0.15) is 44.7 Å². The van der Waals surface area contributed by atoms with Crippen LogP contribution in [-0.4, -0.2) is 18.8 Å². The van der Waals surface area contributed by atoms with Crippen molar-refractivity contribution in [3.8, 4) is 0 Å². The van der Waals surface area contributed by atoms with Gasteiger partial charge in [0.1, 0.15) is 0 Å². The van der Waals surface area contributed by atoms with Crippen molar-refractivity contribution in [1.29, 1.82) is 0 Å². The van der Waals surface area contributed by atoms with Crippen molar-refractivity contribution in [2.45, 2.75) is 51.4 Å². The van der Waals surface area contributed by atoms with Crippen LogP contribution in [0.25, 0.3) is 10.1 Å². The number of hydrogen-bond donors (Lipinski definition) is 1. The number of fused-ring (bicyclic) bond motifs is 1. The third-order valence-corrected chi connectivity index (χ3v) is 5.07. The van der Waals surface area contributed by atoms with Gasteiger partial charge in [-0.1, -0.05) is 25.1 Å². The average Bonchev–Trinajstić information content (AvgIpc) is 3.08. The number of benzene rings is 1. The maximum Gasteiger partial charge on any atom is 0.0774 e. The first-order valence-corrected chi connectivity index (χ1v) is 8.52. The molecule has 0 bridgehead atoms. The van der Waals surface area contributed by atoms with Gasteiger partial charge in [0, 0.05) is 4.70 Å². The third-order valence-electron chi connectivity index (χ3n) is 4.10. The van der Waals surface area contributed by atoms with Gasteiger partial charge in [0.25, 0.3) is 0 Å². The molecule has 0 spiro atoms. The molecule has 108 valence electrons. The highest BCUT2D eigenvalue weighted by Gasteiger charge is 2.31. The molecular formula is C17H23NOS. The van der Waals surface area contributed by atoms with Crippen LogP contribution < -0.4 is 5.32 Å². The van der Waals surface area contributed by atoms with Gasteiger partial charge in [-0.2, -0.15) is 0 Å². The first-order valence-electron chi connectivity index (χ1n) is 7.64. The van der Waals surface area contributed by atoms with Gasteiger partial charge < -0.3 is 10.1 Å². The summed E-state index contributed by atoms with van der Waals surface area (Å²) in [6, 6.07) is 9.16. The van der Waals surface area contributed by atoms with E-state index in [1.165, 1.54) is 22.1 Å². The molecule has 20 heavy (non-hydrogen) atoms. The highest BCUT2D eigenvalue weighted by atomic mass is 32.1. The Balaban J connectivity index is 1.93. The summed E-state index contributed by atoms with van der Waals surface area (Å²) in [5, 5.41) is 7.24. The molecule has 0 radical (unpaired) electrons. The van der Waals surface area contributed by atoms with E-state index in [-0.39, 0.29) is 0 Å². The Hall–Kier alpha value is -0.900. The minimum Gasteiger partial charge on any atom is -0.373 e. The van der Waals surface area contributed by atoms with Gasteiger partial charge in [-0.25, -0.2) is 0 Å². The first-order chi connectivity index (χ1) is 9.79. The molecule has 0 aliphatic carbocycles. The van der Waals surface area contributed by atoms with Crippen LogP contribution in [-0.2, 0) is 4.74 Å². The second kappa shape index (κ2) is 6.25. The number of thiophene rings is 1. The SMILES string of the molecule is CCCNC(c1cccc2ccsc12)C1CCC(C)O1. The molecule has 3 atom stereocenters. The van der Waals surface area contributed by atoms with E-state index >= 15 is 0 Å². The zero-order valence-corrected chi connectivity index (χ0v) is 13.1. The minimum absolute atomic E-state index is 0.309. The predicted octanol–water partition coefficient (Wildman–Crippen LogP) is 4.51. The fourth-order valence-corrected chi connectivity index (χ4v) is 4.04. The standard InChI is InChI=1S/C17H23NOS/c1-3-10-18-16(15-8-7-12(2)19-15)14-6-4-5-13-9-11-20-17(13)14/h4-6,9,11-12,15-16,18H,3,7-8,10H2,1-2H3. The van der Waals surface area contributed by atoms with Crippen LogP contribution in [0.5, 0.6) is 0 Å². The zero-order chi connectivity index (χ0) is 13.9. The molecule has 3 rings (SSSR count). The second-order valence-corrected chi connectivity index (χ2v) is 6.60. The molecule has 3 unspecified atom stereocenters. The van der Waals surface area contributed by atoms with Gasteiger partial charge in [0.05, 0.1) is 18.2 Å². The highest BCUT2D eigenvalue weighted by Crippen LogP contribution is 2.35. The lowest BCUT2D eigenvalue weighted by Gasteiger charge is -2.26. The van der Waals surface area contributed by atoms with Crippen molar-refractivity contribution in [2.24, 2.45) is 0 Å². The van der Waals surface area contributed by atoms with Gasteiger partial charge in [0.15, 0.2) is 0 Å². The van der Waals surface area contributed by atoms with Crippen molar-refractivity contribution in [3.05, 3.63) is 35.2 Å². The van der Waals surface area contributed by atoms with Crippen LogP contribution in [0.15, 0.2) is 29.6 Å². The Labute approximate surface area is 125 Å². The van der Waals surface area contributed by atoms with Gasteiger partial charge in [-0.05, 0) is 55.1 Å². The fraction of sp³-hybridized carbons (Fsp3) is 0.529. The van der Waals surface area contributed by atoms with Crippen LogP contribution in [0, 0.1) is 0 Å². The molecule has 1 aliphatic heterocycles. The number of rotatable bonds is 5. The number of nitrogens with one attached hydrogen (secondary N) is 1. The second-order valence-electron chi connectivity index (χ2n) is 5.68. The van der Waals surface area contributed by atoms with E-state index in [4.69, 9.17) is 4.74 Å². The van der Waals surface area contributed by atoms with E-state index in [0.717, 1.165) is 19.4 Å². The smallest absolute Gasteiger partial charge is 0.0774 e. The molecule has 1 aromatic heterocycles. The Morgan fingerprint density at radius 1 is 1.35 bits per heavy atom. The third kappa shape index (κ3) is 2.76. The molecule has 1 aromatic carbocycles. The topological polar surface area (TPSA) is 21.3 Å². The Kier molecular flexibility index (Phi) is 4.39. The summed E-state index contributed by atoms with van der Waals surface area (Å²) in [4.78, 5) is 0. The van der Waals surface area contributed by atoms with E-state index in [2.05, 4.69) is 48.8 Å². The van der Waals surface area contributed by atoms with Gasteiger partial charge in [0.2, 0.25) is 0 Å². The van der Waals surface area contributed by atoms with Crippen molar-refractivity contribution in [3.63, 3.8) is 0 Å². The van der Waals surface area contributed by atoms with Crippen LogP contribution in [0.2, 0.25) is 0 Å². The lowest BCUT2D eigenvalue weighted by molar-refractivity contribution is 0.0320. The quantitative estimate of drug-likeness (QED) is 0.874. The summed E-state index contributed by atoms with van der Waals surface area (Å²) in [5.74, 6) is 0. The molecule has 2 aromatic rings. The van der Waals surface area contributed by atoms with Crippen molar-refractivity contribution < 1.29 is 4.74 Å². The monoisotopic (exact) mass is 289 g/mol. The summed E-state index contributed by atoms with van der Waals surface area (Å²) in [7, 11) is 0. The Bertz CT molecular complexity index is 565. The zero-order valence-electron chi connectivity index (χ0n) is 12.3. The molecule has 1 fully saturated rings. The summed E-state index contributed by atoms with van der Waals surface area (Å²) in [5.41, 5.74) is 1.41. The van der Waals surface area contributed by atoms with Gasteiger partial charge >= 0.3 is 0 Å². The van der Waals surface area contributed by atoms with E-state index in [1.807, 2.05) is 11.3 Å². The lowest BCUT2D eigenvalue weighted by Crippen LogP contribution is -2.32. The van der Waals surface area contributed by atoms with Crippen molar-refractivity contribution in [2.75, 3.05) is 6.54 Å². The normalized spacial score (nSPS) is 24.3. The molecular weight excluding hydrogens is 266 g/mol. The van der Waals surface area contributed by atoms with E-state index in [9.17, 15) is 0 Å². The van der Waals surface area contributed by atoms with Crippen LogP contribution >= 0.6 is 11.3 Å². The Morgan fingerprint density at radius 3 is 3.00 bits per heavy atom. The molecule has 2 heterocycles. The van der Waals surface area contributed by atoms with E-state index in [0.29, 0.717) is 18.2 Å². The average molecular weight is 289 g/mol. The minimum atomic E-state index is 0.309. The molecule has 1 N–H and O–H groups in total. The van der Waals surface area contributed by atoms with Crippen molar-refractivity contribution in [1.82, 2.24) is 5.32 Å². The lowest BCUT2D eigenvalue weighted by atomic mass is 9.98. The molecule has 2 nitrogen and oxygen atoms in total. The van der Waals surface area contributed by atoms with E-state index in [1.54, 1.807) is 0 Å². The summed E-state index contributed by atoms with van der Waals surface area (Å²) < 4.78 is 7.55. The Morgan fingerprint density at radius 2 is 2.25 bits per heavy atom. The summed E-state index contributed by atoms with van der Waals surface area (Å²) in [6.45, 7) is 5.44. The van der Waals surface area contributed by atoms with Crippen LogP contribution in [0.4, 0.5) is 0 Å². The highest BCUT2D eigenvalue weighted by molar-refractivity contribution is 7.17. The molecule has 1 saturated heterocycles. The molecule has 1 aliphatic rings. The fourth-order valence-electron chi connectivity index (χ4n) is 3.08. The van der Waals surface area contributed by atoms with Gasteiger partial charge in [-0.15, -0.1) is 11.3 Å². The summed E-state index contributed by atoms with van der Waals surface area (Å²) in [6.07, 6.45) is 4.19. The molecule has 3 heteroatoms. The largest absolute Gasteiger partial charge is 0.373 e. The maximum atomic E-state index is 6.14. The number of ether oxygens (including phenoxy) is 1. The van der Waals surface area contributed by atoms with Crippen molar-refractivity contribution >= 4 is 21.4 Å². The maximum absolute atomic E-state index is 6.14. The molecule has 0 saturated carbocycles. The first kappa shape index (κ1) is 14.1. The summed E-state index contributed by atoms with van der Waals surface area (Å²) >= 11 is 1.84. The van der Waals surface area contributed by atoms with Crippen LogP contribution in [0.3, 0.4) is 0 Å². The molecule has 0 amide bonds. The van der Waals surface area contributed by atoms with E-state index < -0.39 is 0 Å². The van der Waals surface area contributed by atoms with Gasteiger partial charge in [-0.3, -0.25) is 0 Å².